The van der Waals surface area contributed by atoms with Crippen LogP contribution in [0.5, 0.6) is 0 Å². The van der Waals surface area contributed by atoms with E-state index in [1.54, 1.807) is 0 Å². The molecule has 0 spiro atoms. The Morgan fingerprint density at radius 2 is 1.86 bits per heavy atom. The molecule has 0 aromatic heterocycles. The molecular formula is C18H28NO2+. The molecule has 1 atom stereocenters. The molecule has 0 fully saturated rings. The molecule has 0 saturated carbocycles. The Morgan fingerprint density at radius 1 is 1.24 bits per heavy atom. The number of benzene rings is 1. The predicted molar refractivity (Wildman–Crippen MR) is 86.5 cm³/mol. The van der Waals surface area contributed by atoms with Gasteiger partial charge >= 0.3 is 5.97 Å². The summed E-state index contributed by atoms with van der Waals surface area (Å²) in [7, 11) is 0. The summed E-state index contributed by atoms with van der Waals surface area (Å²) < 4.78 is 6.44. The van der Waals surface area contributed by atoms with Gasteiger partial charge in [0, 0.05) is 18.1 Å². The lowest BCUT2D eigenvalue weighted by atomic mass is 10.1. The van der Waals surface area contributed by atoms with Crippen molar-refractivity contribution >= 4 is 5.97 Å². The van der Waals surface area contributed by atoms with Crippen LogP contribution in [0.25, 0.3) is 0 Å². The maximum atomic E-state index is 11.7. The van der Waals surface area contributed by atoms with Crippen LogP contribution in [0.15, 0.2) is 43.0 Å². The third-order valence-electron chi connectivity index (χ3n) is 4.17. The molecule has 1 aromatic rings. The first-order chi connectivity index (χ1) is 10.1. The van der Waals surface area contributed by atoms with E-state index in [9.17, 15) is 4.79 Å². The lowest BCUT2D eigenvalue weighted by Crippen LogP contribution is -2.56. The van der Waals surface area contributed by atoms with Gasteiger partial charge < -0.3 is 4.74 Å². The topological polar surface area (TPSA) is 26.3 Å². The minimum atomic E-state index is -0.328. The Kier molecular flexibility index (Phi) is 7.17. The van der Waals surface area contributed by atoms with E-state index in [0.29, 0.717) is 0 Å². The molecule has 0 amide bonds. The molecule has 0 radical (unpaired) electrons. The number of ether oxygens (including phenoxy) is 1. The fraction of sp³-hybridized carbons (Fsp3) is 0.500. The Morgan fingerprint density at radius 3 is 2.33 bits per heavy atom. The highest BCUT2D eigenvalue weighted by atomic mass is 16.6. The van der Waals surface area contributed by atoms with Gasteiger partial charge in [0.2, 0.25) is 6.23 Å². The zero-order valence-electron chi connectivity index (χ0n) is 13.5. The average molecular weight is 290 g/mol. The number of nitrogens with zero attached hydrogens (tertiary/aromatic N) is 1. The zero-order valence-corrected chi connectivity index (χ0v) is 13.5. The van der Waals surface area contributed by atoms with Gasteiger partial charge in [0.15, 0.2) is 0 Å². The van der Waals surface area contributed by atoms with Crippen molar-refractivity contribution in [3.8, 4) is 0 Å². The van der Waals surface area contributed by atoms with Gasteiger partial charge in [-0.3, -0.25) is 4.48 Å². The van der Waals surface area contributed by atoms with Crippen LogP contribution >= 0.6 is 0 Å². The minimum absolute atomic E-state index is 0.115. The van der Waals surface area contributed by atoms with Crippen molar-refractivity contribution in [3.63, 3.8) is 0 Å². The van der Waals surface area contributed by atoms with E-state index in [1.165, 1.54) is 11.6 Å². The summed E-state index contributed by atoms with van der Waals surface area (Å²) in [5.41, 5.74) is 1.27. The van der Waals surface area contributed by atoms with E-state index in [-0.39, 0.29) is 12.2 Å². The maximum Gasteiger partial charge on any atom is 0.334 e. The number of hydrogen-bond donors (Lipinski definition) is 0. The van der Waals surface area contributed by atoms with E-state index in [4.69, 9.17) is 4.74 Å². The molecule has 3 heteroatoms. The number of carbonyl (C=O) groups is 1. The van der Waals surface area contributed by atoms with Gasteiger partial charge in [-0.1, -0.05) is 43.8 Å². The van der Waals surface area contributed by atoms with Crippen molar-refractivity contribution in [2.24, 2.45) is 0 Å². The molecule has 0 aliphatic carbocycles. The molecule has 21 heavy (non-hydrogen) atoms. The maximum absolute atomic E-state index is 11.7. The third kappa shape index (κ3) is 4.71. The summed E-state index contributed by atoms with van der Waals surface area (Å²) in [6.45, 7) is 12.7. The second-order valence-corrected chi connectivity index (χ2v) is 5.38. The number of quaternary nitrogens is 1. The summed E-state index contributed by atoms with van der Waals surface area (Å²) in [4.78, 5) is 11.7. The molecule has 0 aliphatic heterocycles. The Balaban J connectivity index is 3.02. The average Bonchev–Trinajstić information content (AvgIpc) is 2.53. The van der Waals surface area contributed by atoms with Gasteiger partial charge in [0.05, 0.1) is 13.1 Å². The molecule has 1 aromatic carbocycles. The van der Waals surface area contributed by atoms with E-state index < -0.39 is 0 Å². The third-order valence-corrected chi connectivity index (χ3v) is 4.17. The van der Waals surface area contributed by atoms with Crippen molar-refractivity contribution in [2.45, 2.75) is 46.4 Å². The van der Waals surface area contributed by atoms with Crippen molar-refractivity contribution < 1.29 is 14.0 Å². The number of esters is 1. The summed E-state index contributed by atoms with van der Waals surface area (Å²) in [5, 5.41) is 0. The molecule has 0 heterocycles. The fourth-order valence-electron chi connectivity index (χ4n) is 2.78. The largest absolute Gasteiger partial charge is 0.409 e. The van der Waals surface area contributed by atoms with Crippen LogP contribution in [0.3, 0.4) is 0 Å². The zero-order chi connectivity index (χ0) is 15.7. The molecule has 0 aliphatic rings. The Bertz CT molecular complexity index is 438. The summed E-state index contributed by atoms with van der Waals surface area (Å²) in [6, 6.07) is 10.4. The van der Waals surface area contributed by atoms with Gasteiger partial charge in [-0.2, -0.15) is 0 Å². The van der Waals surface area contributed by atoms with Crippen LogP contribution in [0.4, 0.5) is 0 Å². The van der Waals surface area contributed by atoms with Gasteiger partial charge in [-0.25, -0.2) is 4.79 Å². The number of hydrogen-bond acceptors (Lipinski definition) is 2. The van der Waals surface area contributed by atoms with Gasteiger partial charge in [-0.15, -0.1) is 0 Å². The highest BCUT2D eigenvalue weighted by Gasteiger charge is 2.36. The van der Waals surface area contributed by atoms with Crippen LogP contribution < -0.4 is 0 Å². The van der Waals surface area contributed by atoms with E-state index in [2.05, 4.69) is 51.6 Å². The van der Waals surface area contributed by atoms with Crippen LogP contribution in [0.1, 0.15) is 39.2 Å². The van der Waals surface area contributed by atoms with Crippen LogP contribution in [0, 0.1) is 0 Å². The smallest absolute Gasteiger partial charge is 0.334 e. The lowest BCUT2D eigenvalue weighted by molar-refractivity contribution is -0.978. The lowest BCUT2D eigenvalue weighted by Gasteiger charge is -2.42. The van der Waals surface area contributed by atoms with Gasteiger partial charge in [0.1, 0.15) is 6.54 Å². The summed E-state index contributed by atoms with van der Waals surface area (Å²) in [6.07, 6.45) is 3.00. The molecule has 0 bridgehead atoms. The second-order valence-electron chi connectivity index (χ2n) is 5.38. The molecular weight excluding hydrogens is 262 g/mol. The van der Waals surface area contributed by atoms with E-state index in [0.717, 1.165) is 37.0 Å². The molecule has 1 unspecified atom stereocenters. The molecule has 0 N–H and O–H groups in total. The first-order valence-corrected chi connectivity index (χ1v) is 7.84. The summed E-state index contributed by atoms with van der Waals surface area (Å²) >= 11 is 0. The van der Waals surface area contributed by atoms with Crippen LogP contribution in [-0.4, -0.2) is 29.8 Å². The molecule has 3 nitrogen and oxygen atoms in total. The quantitative estimate of drug-likeness (QED) is 0.298. The van der Waals surface area contributed by atoms with Crippen molar-refractivity contribution in [1.82, 2.24) is 0 Å². The van der Waals surface area contributed by atoms with E-state index >= 15 is 0 Å². The minimum Gasteiger partial charge on any atom is -0.409 e. The highest BCUT2D eigenvalue weighted by molar-refractivity contribution is 5.81. The SMILES string of the molecule is C=CC(=O)OC(CCC)[N+](CC)(CC)Cc1ccccc1. The normalized spacial score (nSPS) is 12.7. The van der Waals surface area contributed by atoms with Crippen molar-refractivity contribution in [3.05, 3.63) is 48.6 Å². The Labute approximate surface area is 128 Å². The Hall–Kier alpha value is -1.61. The fourth-order valence-corrected chi connectivity index (χ4v) is 2.78. The molecule has 116 valence electrons. The van der Waals surface area contributed by atoms with Crippen LogP contribution in [-0.2, 0) is 16.1 Å². The van der Waals surface area contributed by atoms with Crippen molar-refractivity contribution in [1.29, 1.82) is 0 Å². The van der Waals surface area contributed by atoms with Crippen LogP contribution in [0.2, 0.25) is 0 Å². The van der Waals surface area contributed by atoms with Gasteiger partial charge in [-0.05, 0) is 20.3 Å². The predicted octanol–water partition coefficient (Wildman–Crippen LogP) is 3.90. The second kappa shape index (κ2) is 8.63. The molecule has 1 rings (SSSR count). The van der Waals surface area contributed by atoms with E-state index in [1.807, 2.05) is 6.07 Å². The number of carbonyl (C=O) groups excluding carboxylic acids is 1. The first-order valence-electron chi connectivity index (χ1n) is 7.84. The summed E-state index contributed by atoms with van der Waals surface area (Å²) in [5.74, 6) is -0.328. The number of rotatable bonds is 9. The monoisotopic (exact) mass is 290 g/mol. The molecule has 0 saturated heterocycles. The van der Waals surface area contributed by atoms with Crippen molar-refractivity contribution in [2.75, 3.05) is 13.1 Å². The standard InChI is InChI=1S/C18H28NO2/c1-5-12-17(21-18(20)6-2)19(7-3,8-4)15-16-13-10-9-11-14-16/h6,9-11,13-14,17H,2,5,7-8,12,15H2,1,3-4H3/q+1. The first kappa shape index (κ1) is 17.4. The van der Waals surface area contributed by atoms with Gasteiger partial charge in [0.25, 0.3) is 0 Å². The highest BCUT2D eigenvalue weighted by Crippen LogP contribution is 2.24.